The van der Waals surface area contributed by atoms with Gasteiger partial charge in [-0.2, -0.15) is 5.10 Å². The second kappa shape index (κ2) is 8.36. The number of methoxy groups -OCH3 is 1. The molecule has 0 bridgehead atoms. The lowest BCUT2D eigenvalue weighted by molar-refractivity contribution is -0.133. The third kappa shape index (κ3) is 3.91. The summed E-state index contributed by atoms with van der Waals surface area (Å²) in [4.78, 5) is 12.9. The molecule has 0 spiro atoms. The zero-order valence-electron chi connectivity index (χ0n) is 15.9. The van der Waals surface area contributed by atoms with Gasteiger partial charge in [0.25, 0.3) is 0 Å². The van der Waals surface area contributed by atoms with E-state index in [4.69, 9.17) is 9.84 Å². The fourth-order valence-corrected chi connectivity index (χ4v) is 4.85. The number of thioether (sulfide) groups is 1. The Labute approximate surface area is 175 Å². The van der Waals surface area contributed by atoms with Crippen LogP contribution in [0.3, 0.4) is 0 Å². The first-order chi connectivity index (χ1) is 14.1. The Morgan fingerprint density at radius 3 is 2.79 bits per heavy atom. The van der Waals surface area contributed by atoms with E-state index in [1.807, 2.05) is 46.5 Å². The summed E-state index contributed by atoms with van der Waals surface area (Å²) in [5, 5.41) is 23.9. The van der Waals surface area contributed by atoms with E-state index in [-0.39, 0.29) is 5.75 Å². The standard InChI is InChI=1S/C19H19N5O3S2/c1-12-14-10-15(29-18(14)24(22-12)13-6-4-3-5-7-13)17-20-21-19(28-11-16(25)26)23(17)8-9-27-2/h3-7,10H,8-9,11H2,1-2H3,(H,25,26). The second-order valence-electron chi connectivity index (χ2n) is 6.30. The smallest absolute Gasteiger partial charge is 0.313 e. The van der Waals surface area contributed by atoms with E-state index in [9.17, 15) is 4.79 Å². The Morgan fingerprint density at radius 2 is 2.07 bits per heavy atom. The number of thiophene rings is 1. The third-order valence-corrected chi connectivity index (χ3v) is 6.38. The maximum absolute atomic E-state index is 11.0. The highest BCUT2D eigenvalue weighted by Gasteiger charge is 2.20. The number of benzene rings is 1. The molecule has 0 atom stereocenters. The lowest BCUT2D eigenvalue weighted by Crippen LogP contribution is -2.08. The van der Waals surface area contributed by atoms with Crippen LogP contribution in [0.25, 0.3) is 26.6 Å². The molecule has 4 rings (SSSR count). The average molecular weight is 430 g/mol. The van der Waals surface area contributed by atoms with Crippen molar-refractivity contribution < 1.29 is 14.6 Å². The number of carbonyl (C=O) groups is 1. The van der Waals surface area contributed by atoms with Gasteiger partial charge in [-0.3, -0.25) is 9.36 Å². The van der Waals surface area contributed by atoms with Crippen molar-refractivity contribution in [1.29, 1.82) is 0 Å². The number of ether oxygens (including phenoxy) is 1. The minimum atomic E-state index is -0.890. The summed E-state index contributed by atoms with van der Waals surface area (Å²) in [6.45, 7) is 3.01. The Morgan fingerprint density at radius 1 is 1.28 bits per heavy atom. The predicted molar refractivity (Wildman–Crippen MR) is 113 cm³/mol. The molecule has 0 amide bonds. The van der Waals surface area contributed by atoms with Crippen LogP contribution in [0.1, 0.15) is 5.69 Å². The highest BCUT2D eigenvalue weighted by atomic mass is 32.2. The van der Waals surface area contributed by atoms with Crippen molar-refractivity contribution in [3.05, 3.63) is 42.1 Å². The number of aromatic nitrogens is 5. The molecule has 0 radical (unpaired) electrons. The summed E-state index contributed by atoms with van der Waals surface area (Å²) in [7, 11) is 1.63. The Balaban J connectivity index is 1.77. The topological polar surface area (TPSA) is 95.1 Å². The number of nitrogens with zero attached hydrogens (tertiary/aromatic N) is 5. The number of hydrogen-bond acceptors (Lipinski definition) is 7. The quantitative estimate of drug-likeness (QED) is 0.429. The highest BCUT2D eigenvalue weighted by Crippen LogP contribution is 2.36. The molecule has 8 nitrogen and oxygen atoms in total. The van der Waals surface area contributed by atoms with Crippen molar-refractivity contribution in [1.82, 2.24) is 24.5 Å². The fourth-order valence-electron chi connectivity index (χ4n) is 2.99. The number of carboxylic acids is 1. The Hall–Kier alpha value is -2.69. The molecule has 0 saturated carbocycles. The minimum Gasteiger partial charge on any atom is -0.481 e. The zero-order valence-corrected chi connectivity index (χ0v) is 17.5. The number of rotatable bonds is 8. The van der Waals surface area contributed by atoms with Crippen LogP contribution in [0.4, 0.5) is 0 Å². The largest absolute Gasteiger partial charge is 0.481 e. The molecule has 10 heteroatoms. The molecule has 0 fully saturated rings. The van der Waals surface area contributed by atoms with Crippen molar-refractivity contribution in [3.63, 3.8) is 0 Å². The van der Waals surface area contributed by atoms with Crippen LogP contribution in [-0.4, -0.2) is 55.1 Å². The first kappa shape index (κ1) is 19.6. The summed E-state index contributed by atoms with van der Waals surface area (Å²) in [6, 6.07) is 12.1. The summed E-state index contributed by atoms with van der Waals surface area (Å²) in [6.07, 6.45) is 0. The van der Waals surface area contributed by atoms with Gasteiger partial charge in [0, 0.05) is 12.5 Å². The third-order valence-electron chi connectivity index (χ3n) is 4.33. The number of para-hydroxylation sites is 1. The molecule has 0 saturated heterocycles. The molecule has 0 aliphatic heterocycles. The van der Waals surface area contributed by atoms with E-state index < -0.39 is 5.97 Å². The van der Waals surface area contributed by atoms with Gasteiger partial charge in [-0.05, 0) is 25.1 Å². The number of fused-ring (bicyclic) bond motifs is 1. The second-order valence-corrected chi connectivity index (χ2v) is 8.27. The monoisotopic (exact) mass is 429 g/mol. The van der Waals surface area contributed by atoms with E-state index in [2.05, 4.69) is 21.4 Å². The van der Waals surface area contributed by atoms with Gasteiger partial charge < -0.3 is 9.84 Å². The normalized spacial score (nSPS) is 11.4. The van der Waals surface area contributed by atoms with E-state index >= 15 is 0 Å². The van der Waals surface area contributed by atoms with Gasteiger partial charge in [-0.15, -0.1) is 21.5 Å². The van der Waals surface area contributed by atoms with Gasteiger partial charge in [0.2, 0.25) is 0 Å². The van der Waals surface area contributed by atoms with E-state index in [1.165, 1.54) is 0 Å². The van der Waals surface area contributed by atoms with Gasteiger partial charge in [0.15, 0.2) is 11.0 Å². The lowest BCUT2D eigenvalue weighted by Gasteiger charge is -2.08. The molecule has 150 valence electrons. The molecule has 1 N–H and O–H groups in total. The van der Waals surface area contributed by atoms with E-state index in [1.54, 1.807) is 18.4 Å². The molecule has 4 aromatic rings. The predicted octanol–water partition coefficient (Wildman–Crippen LogP) is 3.48. The number of carboxylic acid groups (broad SMARTS) is 1. The molecule has 0 aliphatic carbocycles. The average Bonchev–Trinajstić information content (AvgIpc) is 3.40. The minimum absolute atomic E-state index is 0.0698. The summed E-state index contributed by atoms with van der Waals surface area (Å²) >= 11 is 2.74. The van der Waals surface area contributed by atoms with Gasteiger partial charge >= 0.3 is 5.97 Å². The molecule has 1 aromatic carbocycles. The van der Waals surface area contributed by atoms with Crippen LogP contribution in [0.15, 0.2) is 41.6 Å². The van der Waals surface area contributed by atoms with Crippen LogP contribution in [0, 0.1) is 6.92 Å². The van der Waals surface area contributed by atoms with Crippen LogP contribution in [0.5, 0.6) is 0 Å². The van der Waals surface area contributed by atoms with Gasteiger partial charge in [0.05, 0.1) is 35.2 Å². The first-order valence-corrected chi connectivity index (χ1v) is 10.7. The van der Waals surface area contributed by atoms with Crippen molar-refractivity contribution in [3.8, 4) is 16.4 Å². The van der Waals surface area contributed by atoms with Crippen LogP contribution in [-0.2, 0) is 16.1 Å². The van der Waals surface area contributed by atoms with Crippen molar-refractivity contribution in [2.24, 2.45) is 0 Å². The fraction of sp³-hybridized carbons (Fsp3) is 0.263. The maximum atomic E-state index is 11.0. The maximum Gasteiger partial charge on any atom is 0.313 e. The van der Waals surface area contributed by atoms with Gasteiger partial charge in [-0.25, -0.2) is 4.68 Å². The van der Waals surface area contributed by atoms with Crippen molar-refractivity contribution in [2.75, 3.05) is 19.5 Å². The molecular formula is C19H19N5O3S2. The van der Waals surface area contributed by atoms with E-state index in [0.29, 0.717) is 24.1 Å². The molecule has 29 heavy (non-hydrogen) atoms. The van der Waals surface area contributed by atoms with E-state index in [0.717, 1.165) is 38.2 Å². The molecule has 3 heterocycles. The Kier molecular flexibility index (Phi) is 5.65. The molecule has 0 unspecified atom stereocenters. The summed E-state index contributed by atoms with van der Waals surface area (Å²) in [5.41, 5.74) is 1.94. The molecule has 0 aliphatic rings. The highest BCUT2D eigenvalue weighted by molar-refractivity contribution is 7.99. The van der Waals surface area contributed by atoms with Crippen LogP contribution < -0.4 is 0 Å². The van der Waals surface area contributed by atoms with Gasteiger partial charge in [-0.1, -0.05) is 30.0 Å². The SMILES string of the molecule is COCCn1c(SCC(=O)O)nnc1-c1cc2c(C)nn(-c3ccccc3)c2s1. The summed E-state index contributed by atoms with van der Waals surface area (Å²) < 4.78 is 9.07. The zero-order chi connectivity index (χ0) is 20.4. The van der Waals surface area contributed by atoms with Crippen LogP contribution in [0.2, 0.25) is 0 Å². The lowest BCUT2D eigenvalue weighted by atomic mass is 10.3. The molecular weight excluding hydrogens is 410 g/mol. The van der Waals surface area contributed by atoms with Gasteiger partial charge in [0.1, 0.15) is 4.83 Å². The first-order valence-electron chi connectivity index (χ1n) is 8.90. The number of aliphatic carboxylic acids is 1. The van der Waals surface area contributed by atoms with Crippen LogP contribution >= 0.6 is 23.1 Å². The van der Waals surface area contributed by atoms with Crippen molar-refractivity contribution >= 4 is 39.3 Å². The molecule has 3 aromatic heterocycles. The van der Waals surface area contributed by atoms with Crippen molar-refractivity contribution in [2.45, 2.75) is 18.6 Å². The number of hydrogen-bond donors (Lipinski definition) is 1. The number of aryl methyl sites for hydroxylation is 1. The summed E-state index contributed by atoms with van der Waals surface area (Å²) in [5.74, 6) is -0.256. The Bertz CT molecular complexity index is 1150.